The average Bonchev–Trinajstić information content (AvgIpc) is 2.88. The smallest absolute Gasteiger partial charge is 0.265 e. The second-order valence-corrected chi connectivity index (χ2v) is 6.01. The highest BCUT2D eigenvalue weighted by atomic mass is 16.3. The van der Waals surface area contributed by atoms with Crippen LogP contribution in [-0.2, 0) is 6.54 Å². The van der Waals surface area contributed by atoms with Gasteiger partial charge in [0.2, 0.25) is 5.71 Å². The van der Waals surface area contributed by atoms with Crippen molar-refractivity contribution in [1.29, 1.82) is 0 Å². The van der Waals surface area contributed by atoms with Gasteiger partial charge in [0.15, 0.2) is 0 Å². The molecule has 0 aliphatic heterocycles. The summed E-state index contributed by atoms with van der Waals surface area (Å²) in [6.07, 6.45) is 4.60. The van der Waals surface area contributed by atoms with E-state index in [0.717, 1.165) is 0 Å². The molecule has 0 saturated heterocycles. The van der Waals surface area contributed by atoms with Crippen molar-refractivity contribution >= 4 is 22.7 Å². The van der Waals surface area contributed by atoms with Crippen LogP contribution in [0.1, 0.15) is 30.0 Å². The monoisotopic (exact) mass is 326 g/mol. The summed E-state index contributed by atoms with van der Waals surface area (Å²) in [5.74, 6) is 0.223. The minimum absolute atomic E-state index is 0.175. The maximum Gasteiger partial charge on any atom is 0.265 e. The fourth-order valence-electron chi connectivity index (χ4n) is 2.56. The third-order valence-corrected chi connectivity index (χ3v) is 3.56. The molecular weight excluding hydrogens is 308 g/mol. The molecule has 1 N–H and O–H groups in total. The van der Waals surface area contributed by atoms with E-state index in [1.54, 1.807) is 25.3 Å². The number of hydrogen-bond donors (Lipinski definition) is 1. The molecule has 0 unspecified atom stereocenters. The van der Waals surface area contributed by atoms with Crippen molar-refractivity contribution in [3.05, 3.63) is 52.5 Å². The summed E-state index contributed by atoms with van der Waals surface area (Å²) >= 11 is 0. The van der Waals surface area contributed by atoms with Gasteiger partial charge in [-0.3, -0.25) is 19.1 Å². The highest BCUT2D eigenvalue weighted by molar-refractivity contribution is 6.12. The fraction of sp³-hybridized carbons (Fsp3) is 0.294. The minimum atomic E-state index is -0.416. The van der Waals surface area contributed by atoms with E-state index in [1.165, 1.54) is 17.1 Å². The zero-order valence-electron chi connectivity index (χ0n) is 13.7. The highest BCUT2D eigenvalue weighted by Crippen LogP contribution is 2.22. The van der Waals surface area contributed by atoms with E-state index in [9.17, 15) is 9.59 Å². The highest BCUT2D eigenvalue weighted by Gasteiger charge is 2.23. The van der Waals surface area contributed by atoms with E-state index in [1.807, 2.05) is 13.8 Å². The quantitative estimate of drug-likeness (QED) is 0.796. The van der Waals surface area contributed by atoms with Crippen LogP contribution in [0.25, 0.3) is 11.1 Å². The second kappa shape index (κ2) is 6.27. The Morgan fingerprint density at radius 2 is 2.21 bits per heavy atom. The largest absolute Gasteiger partial charge is 0.442 e. The molecule has 1 amide bonds. The maximum absolute atomic E-state index is 12.7. The summed E-state index contributed by atoms with van der Waals surface area (Å²) in [6.45, 7) is 6.18. The van der Waals surface area contributed by atoms with Gasteiger partial charge in [-0.15, -0.1) is 0 Å². The number of furan rings is 1. The van der Waals surface area contributed by atoms with Crippen LogP contribution >= 0.6 is 0 Å². The lowest BCUT2D eigenvalue weighted by Crippen LogP contribution is -2.24. The van der Waals surface area contributed by atoms with Gasteiger partial charge in [-0.25, -0.2) is 4.98 Å². The van der Waals surface area contributed by atoms with Crippen molar-refractivity contribution in [1.82, 2.24) is 14.5 Å². The van der Waals surface area contributed by atoms with Crippen LogP contribution in [0.5, 0.6) is 0 Å². The first-order valence-corrected chi connectivity index (χ1v) is 7.67. The molecule has 24 heavy (non-hydrogen) atoms. The Kier molecular flexibility index (Phi) is 4.16. The second-order valence-electron chi connectivity index (χ2n) is 6.01. The molecule has 0 atom stereocenters. The van der Waals surface area contributed by atoms with E-state index >= 15 is 0 Å². The lowest BCUT2D eigenvalue weighted by Gasteiger charge is -2.08. The first kappa shape index (κ1) is 15.9. The number of rotatable bonds is 4. The van der Waals surface area contributed by atoms with E-state index < -0.39 is 5.91 Å². The molecular formula is C17H18N4O3. The van der Waals surface area contributed by atoms with Crippen LogP contribution < -0.4 is 10.9 Å². The van der Waals surface area contributed by atoms with Gasteiger partial charge in [-0.1, -0.05) is 13.8 Å². The Morgan fingerprint density at radius 3 is 2.88 bits per heavy atom. The molecule has 0 aliphatic rings. The Balaban J connectivity index is 2.08. The molecule has 0 spiro atoms. The van der Waals surface area contributed by atoms with E-state index in [-0.39, 0.29) is 28.1 Å². The zero-order chi connectivity index (χ0) is 17.3. The Labute approximate surface area is 138 Å². The number of fused-ring (bicyclic) bond motifs is 1. The number of anilines is 1. The van der Waals surface area contributed by atoms with Gasteiger partial charge in [-0.05, 0) is 25.0 Å². The molecule has 3 aromatic rings. The topological polar surface area (TPSA) is 90.0 Å². The fourth-order valence-corrected chi connectivity index (χ4v) is 2.56. The summed E-state index contributed by atoms with van der Waals surface area (Å²) in [4.78, 5) is 33.5. The number of carbonyl (C=O) groups excluding carboxylic acids is 1. The van der Waals surface area contributed by atoms with Crippen LogP contribution in [0.2, 0.25) is 0 Å². The van der Waals surface area contributed by atoms with E-state index in [2.05, 4.69) is 15.3 Å². The molecule has 0 aromatic carbocycles. The lowest BCUT2D eigenvalue weighted by atomic mass is 10.1. The number of aryl methyl sites for hydroxylation is 1. The average molecular weight is 326 g/mol. The standard InChI is InChI=1S/C17H18N4O3/c1-10(2)8-21-9-19-16-14(17(21)23)13(11(3)24-16)15(22)20-12-5-4-6-18-7-12/h4-7,9-10H,8H2,1-3H3,(H,20,22). The molecule has 7 heteroatoms. The summed E-state index contributed by atoms with van der Waals surface area (Å²) in [7, 11) is 0. The zero-order valence-corrected chi connectivity index (χ0v) is 13.7. The van der Waals surface area contributed by atoms with Crippen LogP contribution in [0, 0.1) is 12.8 Å². The first-order chi connectivity index (χ1) is 11.5. The molecule has 0 saturated carbocycles. The molecule has 0 radical (unpaired) electrons. The van der Waals surface area contributed by atoms with Crippen molar-refractivity contribution in [2.24, 2.45) is 5.92 Å². The number of hydrogen-bond acceptors (Lipinski definition) is 5. The molecule has 3 heterocycles. The Bertz CT molecular complexity index is 942. The number of nitrogens with zero attached hydrogens (tertiary/aromatic N) is 3. The predicted molar refractivity (Wildman–Crippen MR) is 90.0 cm³/mol. The summed E-state index contributed by atoms with van der Waals surface area (Å²) < 4.78 is 7.00. The molecule has 7 nitrogen and oxygen atoms in total. The number of nitrogens with one attached hydrogen (secondary N) is 1. The van der Waals surface area contributed by atoms with Crippen LogP contribution in [-0.4, -0.2) is 20.4 Å². The van der Waals surface area contributed by atoms with Crippen LogP contribution in [0.4, 0.5) is 5.69 Å². The van der Waals surface area contributed by atoms with E-state index in [0.29, 0.717) is 18.0 Å². The van der Waals surface area contributed by atoms with Crippen molar-refractivity contribution in [3.63, 3.8) is 0 Å². The number of aromatic nitrogens is 3. The van der Waals surface area contributed by atoms with E-state index in [4.69, 9.17) is 4.42 Å². The van der Waals surface area contributed by atoms with Gasteiger partial charge in [0, 0.05) is 12.7 Å². The normalized spacial score (nSPS) is 11.2. The molecule has 0 fully saturated rings. The summed E-state index contributed by atoms with van der Waals surface area (Å²) in [5.41, 5.74) is 0.655. The third-order valence-electron chi connectivity index (χ3n) is 3.56. The van der Waals surface area contributed by atoms with Crippen LogP contribution in [0.15, 0.2) is 40.1 Å². The molecule has 3 aromatic heterocycles. The van der Waals surface area contributed by atoms with Gasteiger partial charge in [0.1, 0.15) is 17.5 Å². The van der Waals surface area contributed by atoms with Gasteiger partial charge < -0.3 is 9.73 Å². The van der Waals surface area contributed by atoms with Gasteiger partial charge in [0.05, 0.1) is 17.4 Å². The number of pyridine rings is 1. The molecule has 124 valence electrons. The predicted octanol–water partition coefficient (Wildman–Crippen LogP) is 2.60. The van der Waals surface area contributed by atoms with Gasteiger partial charge >= 0.3 is 0 Å². The van der Waals surface area contributed by atoms with Crippen molar-refractivity contribution in [3.8, 4) is 0 Å². The van der Waals surface area contributed by atoms with Crippen LogP contribution in [0.3, 0.4) is 0 Å². The van der Waals surface area contributed by atoms with Gasteiger partial charge in [-0.2, -0.15) is 0 Å². The first-order valence-electron chi connectivity index (χ1n) is 7.67. The Morgan fingerprint density at radius 1 is 1.42 bits per heavy atom. The molecule has 0 aliphatic carbocycles. The lowest BCUT2D eigenvalue weighted by molar-refractivity contribution is 0.102. The third kappa shape index (κ3) is 2.92. The number of carbonyl (C=O) groups is 1. The van der Waals surface area contributed by atoms with Gasteiger partial charge in [0.25, 0.3) is 11.5 Å². The maximum atomic E-state index is 12.7. The minimum Gasteiger partial charge on any atom is -0.442 e. The molecule has 0 bridgehead atoms. The van der Waals surface area contributed by atoms with Crippen molar-refractivity contribution < 1.29 is 9.21 Å². The van der Waals surface area contributed by atoms with Crippen molar-refractivity contribution in [2.75, 3.05) is 5.32 Å². The number of amides is 1. The Hall–Kier alpha value is -2.96. The summed E-state index contributed by atoms with van der Waals surface area (Å²) in [5, 5.41) is 2.93. The SMILES string of the molecule is Cc1oc2ncn(CC(C)C)c(=O)c2c1C(=O)Nc1cccnc1. The summed E-state index contributed by atoms with van der Waals surface area (Å²) in [6, 6.07) is 3.44. The molecule has 3 rings (SSSR count). The van der Waals surface area contributed by atoms with Crippen molar-refractivity contribution in [2.45, 2.75) is 27.3 Å².